The molecular formula is C14H22N2O3. The first-order valence-electron chi connectivity index (χ1n) is 7.33. The van der Waals surface area contributed by atoms with Crippen LogP contribution in [0, 0.1) is 5.92 Å². The fourth-order valence-corrected chi connectivity index (χ4v) is 3.99. The number of piperidine rings is 1. The van der Waals surface area contributed by atoms with Gasteiger partial charge in [-0.1, -0.05) is 0 Å². The third-order valence-electron chi connectivity index (χ3n) is 5.24. The predicted octanol–water partition coefficient (Wildman–Crippen LogP) is 0.983. The number of rotatable bonds is 2. The van der Waals surface area contributed by atoms with Crippen molar-refractivity contribution in [2.75, 3.05) is 6.54 Å². The van der Waals surface area contributed by atoms with Gasteiger partial charge in [0.2, 0.25) is 5.91 Å². The van der Waals surface area contributed by atoms with Crippen molar-refractivity contribution in [3.63, 3.8) is 0 Å². The zero-order valence-corrected chi connectivity index (χ0v) is 11.4. The Bertz CT molecular complexity index is 411. The van der Waals surface area contributed by atoms with Crippen LogP contribution in [0.3, 0.4) is 0 Å². The van der Waals surface area contributed by atoms with Gasteiger partial charge in [0, 0.05) is 18.6 Å². The van der Waals surface area contributed by atoms with E-state index in [0.717, 1.165) is 32.1 Å². The summed E-state index contributed by atoms with van der Waals surface area (Å²) in [6.07, 6.45) is 5.48. The maximum atomic E-state index is 12.7. The number of hydrogen-bond acceptors (Lipinski definition) is 3. The minimum atomic E-state index is -1.00. The van der Waals surface area contributed by atoms with Crippen LogP contribution in [-0.4, -0.2) is 46.1 Å². The van der Waals surface area contributed by atoms with Crippen molar-refractivity contribution < 1.29 is 14.7 Å². The molecule has 3 saturated heterocycles. The second kappa shape index (κ2) is 4.47. The third-order valence-corrected chi connectivity index (χ3v) is 5.24. The van der Waals surface area contributed by atoms with Gasteiger partial charge in [-0.15, -0.1) is 0 Å². The molecule has 0 aromatic carbocycles. The van der Waals surface area contributed by atoms with Gasteiger partial charge in [-0.25, -0.2) is 4.79 Å². The molecule has 3 aliphatic heterocycles. The standard InChI is InChI=1S/C14H22N2O3/c1-14(13(18)19)6-2-3-7-16(14)12(17)10-8-9-4-5-11(10)15-9/h9-11,15H,2-8H2,1H3,(H,18,19). The fraction of sp³-hybridized carbons (Fsp3) is 0.857. The number of nitrogens with zero attached hydrogens (tertiary/aromatic N) is 1. The molecule has 19 heavy (non-hydrogen) atoms. The van der Waals surface area contributed by atoms with Crippen LogP contribution in [0.5, 0.6) is 0 Å². The first-order chi connectivity index (χ1) is 9.02. The van der Waals surface area contributed by atoms with Gasteiger partial charge in [0.05, 0.1) is 5.92 Å². The van der Waals surface area contributed by atoms with E-state index in [-0.39, 0.29) is 17.9 Å². The van der Waals surface area contributed by atoms with E-state index in [1.54, 1.807) is 11.8 Å². The largest absolute Gasteiger partial charge is 0.480 e. The highest BCUT2D eigenvalue weighted by Crippen LogP contribution is 2.37. The quantitative estimate of drug-likeness (QED) is 0.782. The molecule has 106 valence electrons. The van der Waals surface area contributed by atoms with Gasteiger partial charge < -0.3 is 15.3 Å². The summed E-state index contributed by atoms with van der Waals surface area (Å²) in [7, 11) is 0. The van der Waals surface area contributed by atoms with Crippen LogP contribution in [0.1, 0.15) is 45.4 Å². The smallest absolute Gasteiger partial charge is 0.329 e. The van der Waals surface area contributed by atoms with E-state index in [2.05, 4.69) is 5.32 Å². The van der Waals surface area contributed by atoms with Crippen LogP contribution in [0.25, 0.3) is 0 Å². The summed E-state index contributed by atoms with van der Waals surface area (Å²) in [6.45, 7) is 2.29. The minimum absolute atomic E-state index is 0.00414. The summed E-state index contributed by atoms with van der Waals surface area (Å²) >= 11 is 0. The Morgan fingerprint density at radius 1 is 1.32 bits per heavy atom. The predicted molar refractivity (Wildman–Crippen MR) is 69.7 cm³/mol. The number of hydrogen-bond donors (Lipinski definition) is 2. The van der Waals surface area contributed by atoms with Crippen LogP contribution in [0.2, 0.25) is 0 Å². The van der Waals surface area contributed by atoms with Gasteiger partial charge in [0.1, 0.15) is 5.54 Å². The molecule has 2 N–H and O–H groups in total. The SMILES string of the molecule is CC1(C(=O)O)CCCCN1C(=O)C1CC2CCC1N2. The third kappa shape index (κ3) is 1.95. The van der Waals surface area contributed by atoms with Gasteiger partial charge in [-0.3, -0.25) is 4.79 Å². The summed E-state index contributed by atoms with van der Waals surface area (Å²) in [4.78, 5) is 25.9. The molecule has 1 amide bonds. The summed E-state index contributed by atoms with van der Waals surface area (Å²) in [5, 5.41) is 12.9. The van der Waals surface area contributed by atoms with Gasteiger partial charge >= 0.3 is 5.97 Å². The monoisotopic (exact) mass is 266 g/mol. The maximum absolute atomic E-state index is 12.7. The summed E-state index contributed by atoms with van der Waals surface area (Å²) in [5.41, 5.74) is -1.00. The molecule has 3 aliphatic rings. The van der Waals surface area contributed by atoms with Crippen LogP contribution >= 0.6 is 0 Å². The average Bonchev–Trinajstić information content (AvgIpc) is 3.00. The molecule has 0 spiro atoms. The van der Waals surface area contributed by atoms with Crippen molar-refractivity contribution in [3.05, 3.63) is 0 Å². The highest BCUT2D eigenvalue weighted by molar-refractivity contribution is 5.88. The molecule has 5 nitrogen and oxygen atoms in total. The number of likely N-dealkylation sites (tertiary alicyclic amines) is 1. The lowest BCUT2D eigenvalue weighted by molar-refractivity contribution is -0.163. The van der Waals surface area contributed by atoms with Crippen molar-refractivity contribution in [2.24, 2.45) is 5.92 Å². The van der Waals surface area contributed by atoms with Crippen LogP contribution in [0.15, 0.2) is 0 Å². The van der Waals surface area contributed by atoms with Crippen molar-refractivity contribution in [2.45, 2.75) is 63.1 Å². The van der Waals surface area contributed by atoms with E-state index < -0.39 is 11.5 Å². The normalized spacial score (nSPS) is 41.5. The van der Waals surface area contributed by atoms with Gasteiger partial charge in [0.25, 0.3) is 0 Å². The van der Waals surface area contributed by atoms with Crippen LogP contribution in [-0.2, 0) is 9.59 Å². The molecule has 3 rings (SSSR count). The van der Waals surface area contributed by atoms with E-state index in [1.807, 2.05) is 0 Å². The Hall–Kier alpha value is -1.10. The Balaban J connectivity index is 1.79. The average molecular weight is 266 g/mol. The van der Waals surface area contributed by atoms with E-state index in [9.17, 15) is 14.7 Å². The Morgan fingerprint density at radius 2 is 2.11 bits per heavy atom. The minimum Gasteiger partial charge on any atom is -0.480 e. The zero-order chi connectivity index (χ0) is 13.6. The zero-order valence-electron chi connectivity index (χ0n) is 11.4. The second-order valence-electron chi connectivity index (χ2n) is 6.42. The maximum Gasteiger partial charge on any atom is 0.329 e. The van der Waals surface area contributed by atoms with E-state index in [1.165, 1.54) is 0 Å². The van der Waals surface area contributed by atoms with E-state index in [4.69, 9.17) is 0 Å². The highest BCUT2D eigenvalue weighted by Gasteiger charge is 2.50. The molecule has 4 atom stereocenters. The summed E-state index contributed by atoms with van der Waals surface area (Å²) in [5.74, 6) is -0.809. The molecule has 0 aliphatic carbocycles. The Labute approximate surface area is 113 Å². The fourth-order valence-electron chi connectivity index (χ4n) is 3.99. The number of carboxylic acids is 1. The first-order valence-corrected chi connectivity index (χ1v) is 7.33. The molecule has 0 aromatic heterocycles. The number of carbonyl (C=O) groups is 2. The first kappa shape index (κ1) is 12.9. The lowest BCUT2D eigenvalue weighted by Gasteiger charge is -2.43. The molecule has 0 saturated carbocycles. The molecular weight excluding hydrogens is 244 g/mol. The van der Waals surface area contributed by atoms with Crippen molar-refractivity contribution in [1.29, 1.82) is 0 Å². The molecule has 2 bridgehead atoms. The van der Waals surface area contributed by atoms with Crippen molar-refractivity contribution in [3.8, 4) is 0 Å². The summed E-state index contributed by atoms with van der Waals surface area (Å²) in [6, 6.07) is 0.747. The molecule has 3 heterocycles. The number of carboxylic acid groups (broad SMARTS) is 1. The lowest BCUT2D eigenvalue weighted by Crippen LogP contribution is -2.59. The number of aliphatic carboxylic acids is 1. The van der Waals surface area contributed by atoms with E-state index in [0.29, 0.717) is 19.0 Å². The number of carbonyl (C=O) groups excluding carboxylic acids is 1. The summed E-state index contributed by atoms with van der Waals surface area (Å²) < 4.78 is 0. The van der Waals surface area contributed by atoms with Gasteiger partial charge in [-0.2, -0.15) is 0 Å². The van der Waals surface area contributed by atoms with Crippen molar-refractivity contribution in [1.82, 2.24) is 10.2 Å². The van der Waals surface area contributed by atoms with Crippen molar-refractivity contribution >= 4 is 11.9 Å². The van der Waals surface area contributed by atoms with Gasteiger partial charge in [0.15, 0.2) is 0 Å². The van der Waals surface area contributed by atoms with Crippen LogP contribution < -0.4 is 5.32 Å². The molecule has 0 radical (unpaired) electrons. The van der Waals surface area contributed by atoms with Gasteiger partial charge in [-0.05, 0) is 45.4 Å². The molecule has 4 unspecified atom stereocenters. The number of amides is 1. The molecule has 5 heteroatoms. The molecule has 3 fully saturated rings. The lowest BCUT2D eigenvalue weighted by atomic mass is 9.83. The Morgan fingerprint density at radius 3 is 2.68 bits per heavy atom. The number of fused-ring (bicyclic) bond motifs is 2. The highest BCUT2D eigenvalue weighted by atomic mass is 16.4. The number of nitrogens with one attached hydrogen (secondary N) is 1. The molecule has 0 aromatic rings. The topological polar surface area (TPSA) is 69.6 Å². The van der Waals surface area contributed by atoms with E-state index >= 15 is 0 Å². The Kier molecular flexibility index (Phi) is 3.04. The van der Waals surface area contributed by atoms with Crippen LogP contribution in [0.4, 0.5) is 0 Å². The second-order valence-corrected chi connectivity index (χ2v) is 6.42.